The number of carbonyl (C=O) groups is 1. The molecular formula is C21H42N2O2. The van der Waals surface area contributed by atoms with Crippen molar-refractivity contribution < 1.29 is 9.53 Å². The van der Waals surface area contributed by atoms with E-state index in [9.17, 15) is 4.79 Å². The molecule has 0 aliphatic heterocycles. The lowest BCUT2D eigenvalue weighted by Crippen LogP contribution is -2.44. The number of hydrogen-bond donors (Lipinski definition) is 0. The van der Waals surface area contributed by atoms with E-state index >= 15 is 0 Å². The Morgan fingerprint density at radius 1 is 1.08 bits per heavy atom. The molecule has 0 aromatic heterocycles. The molecule has 1 amide bonds. The van der Waals surface area contributed by atoms with Crippen LogP contribution in [0.4, 0.5) is 4.79 Å². The van der Waals surface area contributed by atoms with Crippen molar-refractivity contribution in [1.29, 1.82) is 0 Å². The molecule has 1 aliphatic carbocycles. The zero-order valence-corrected chi connectivity index (χ0v) is 17.6. The monoisotopic (exact) mass is 354 g/mol. The summed E-state index contributed by atoms with van der Waals surface area (Å²) < 4.78 is 5.60. The Morgan fingerprint density at radius 2 is 1.68 bits per heavy atom. The molecule has 0 aromatic rings. The Morgan fingerprint density at radius 3 is 2.20 bits per heavy atom. The number of carbonyl (C=O) groups excluding carboxylic acids is 1. The molecule has 2 unspecified atom stereocenters. The third kappa shape index (κ3) is 8.44. The van der Waals surface area contributed by atoms with Crippen LogP contribution in [0.2, 0.25) is 0 Å². The minimum Gasteiger partial charge on any atom is -0.448 e. The first-order valence-corrected chi connectivity index (χ1v) is 10.4. The molecular weight excluding hydrogens is 312 g/mol. The van der Waals surface area contributed by atoms with Crippen LogP contribution in [0.25, 0.3) is 0 Å². The van der Waals surface area contributed by atoms with E-state index in [1.54, 1.807) is 0 Å². The molecule has 0 saturated heterocycles. The Hall–Kier alpha value is -0.770. The Balaban J connectivity index is 2.40. The molecule has 4 heteroatoms. The second-order valence-corrected chi connectivity index (χ2v) is 8.84. The molecule has 0 bridgehead atoms. The highest BCUT2D eigenvalue weighted by Gasteiger charge is 2.35. The van der Waals surface area contributed by atoms with Crippen molar-refractivity contribution in [3.05, 3.63) is 0 Å². The van der Waals surface area contributed by atoms with Gasteiger partial charge in [0.2, 0.25) is 0 Å². The maximum Gasteiger partial charge on any atom is 0.409 e. The van der Waals surface area contributed by atoms with Gasteiger partial charge in [0.25, 0.3) is 0 Å². The average molecular weight is 355 g/mol. The topological polar surface area (TPSA) is 32.8 Å². The molecule has 148 valence electrons. The smallest absolute Gasteiger partial charge is 0.409 e. The lowest BCUT2D eigenvalue weighted by atomic mass is 9.70. The van der Waals surface area contributed by atoms with Gasteiger partial charge in [0.1, 0.15) is 6.61 Å². The van der Waals surface area contributed by atoms with E-state index in [2.05, 4.69) is 39.5 Å². The number of nitrogens with zero attached hydrogens (tertiary/aromatic N) is 2. The van der Waals surface area contributed by atoms with Crippen LogP contribution in [0.3, 0.4) is 0 Å². The van der Waals surface area contributed by atoms with Crippen LogP contribution >= 0.6 is 0 Å². The number of amides is 1. The van der Waals surface area contributed by atoms with Crippen molar-refractivity contribution >= 4 is 6.09 Å². The van der Waals surface area contributed by atoms with Gasteiger partial charge in [-0.25, -0.2) is 4.79 Å². The first kappa shape index (κ1) is 22.3. The van der Waals surface area contributed by atoms with Gasteiger partial charge in [-0.15, -0.1) is 0 Å². The van der Waals surface area contributed by atoms with Gasteiger partial charge < -0.3 is 9.64 Å². The summed E-state index contributed by atoms with van der Waals surface area (Å²) in [4.78, 5) is 16.7. The first-order valence-electron chi connectivity index (χ1n) is 10.4. The van der Waals surface area contributed by atoms with Crippen LogP contribution in [0.5, 0.6) is 0 Å². The highest BCUT2D eigenvalue weighted by molar-refractivity contribution is 5.67. The Labute approximate surface area is 156 Å². The summed E-state index contributed by atoms with van der Waals surface area (Å²) in [5.74, 6) is 0.669. The van der Waals surface area contributed by atoms with Crippen molar-refractivity contribution in [2.24, 2.45) is 11.3 Å². The minimum atomic E-state index is -0.152. The zero-order valence-electron chi connectivity index (χ0n) is 17.6. The van der Waals surface area contributed by atoms with Crippen molar-refractivity contribution in [2.45, 2.75) is 85.6 Å². The molecule has 0 heterocycles. The van der Waals surface area contributed by atoms with Gasteiger partial charge in [0, 0.05) is 19.6 Å². The van der Waals surface area contributed by atoms with Crippen molar-refractivity contribution in [3.8, 4) is 0 Å². The fourth-order valence-electron chi connectivity index (χ4n) is 4.20. The zero-order chi connectivity index (χ0) is 18.9. The van der Waals surface area contributed by atoms with Crippen LogP contribution in [0.1, 0.15) is 79.6 Å². The van der Waals surface area contributed by atoms with Crippen molar-refractivity contribution in [3.63, 3.8) is 0 Å². The molecule has 1 aliphatic rings. The molecule has 1 fully saturated rings. The van der Waals surface area contributed by atoms with E-state index < -0.39 is 0 Å². The van der Waals surface area contributed by atoms with Crippen LogP contribution in [-0.4, -0.2) is 55.2 Å². The second kappa shape index (κ2) is 11.1. The van der Waals surface area contributed by atoms with Gasteiger partial charge in [-0.3, -0.25) is 4.90 Å². The normalized spacial score (nSPS) is 22.8. The Kier molecular flexibility index (Phi) is 9.84. The molecule has 0 N–H and O–H groups in total. The molecule has 0 radical (unpaired) electrons. The molecule has 0 aromatic carbocycles. The largest absolute Gasteiger partial charge is 0.448 e. The first-order chi connectivity index (χ1) is 11.8. The van der Waals surface area contributed by atoms with E-state index in [4.69, 9.17) is 4.74 Å². The van der Waals surface area contributed by atoms with Gasteiger partial charge in [-0.1, -0.05) is 47.5 Å². The van der Waals surface area contributed by atoms with E-state index in [0.29, 0.717) is 24.0 Å². The highest BCUT2D eigenvalue weighted by atomic mass is 16.6. The minimum absolute atomic E-state index is 0.152. The van der Waals surface area contributed by atoms with Gasteiger partial charge >= 0.3 is 6.09 Å². The van der Waals surface area contributed by atoms with Crippen LogP contribution in [0.15, 0.2) is 0 Å². The fourth-order valence-corrected chi connectivity index (χ4v) is 4.20. The summed E-state index contributed by atoms with van der Waals surface area (Å²) in [5, 5.41) is 0. The Bertz CT molecular complexity index is 376. The van der Waals surface area contributed by atoms with Crippen molar-refractivity contribution in [1.82, 2.24) is 9.80 Å². The summed E-state index contributed by atoms with van der Waals surface area (Å²) in [5.41, 5.74) is 0.313. The number of ether oxygens (including phenoxy) is 1. The molecule has 1 rings (SSSR count). The maximum atomic E-state index is 12.5. The molecule has 4 nitrogen and oxygen atoms in total. The summed E-state index contributed by atoms with van der Waals surface area (Å²) in [6.45, 7) is 14.9. The number of unbranched alkanes of at least 4 members (excludes halogenated alkanes) is 2. The average Bonchev–Trinajstić information content (AvgIpc) is 2.54. The highest BCUT2D eigenvalue weighted by Crippen LogP contribution is 2.40. The summed E-state index contributed by atoms with van der Waals surface area (Å²) >= 11 is 0. The van der Waals surface area contributed by atoms with Crippen LogP contribution in [-0.2, 0) is 4.74 Å². The van der Waals surface area contributed by atoms with Gasteiger partial charge in [-0.2, -0.15) is 0 Å². The summed E-state index contributed by atoms with van der Waals surface area (Å²) in [6, 6.07) is 0.308. The predicted molar refractivity (Wildman–Crippen MR) is 106 cm³/mol. The molecule has 0 spiro atoms. The molecule has 25 heavy (non-hydrogen) atoms. The lowest BCUT2D eigenvalue weighted by Gasteiger charge is -2.42. The van der Waals surface area contributed by atoms with E-state index in [-0.39, 0.29) is 6.09 Å². The quantitative estimate of drug-likeness (QED) is 0.542. The van der Waals surface area contributed by atoms with Gasteiger partial charge in [-0.05, 0) is 56.5 Å². The van der Waals surface area contributed by atoms with Crippen LogP contribution < -0.4 is 0 Å². The lowest BCUT2D eigenvalue weighted by molar-refractivity contribution is 0.0519. The second-order valence-electron chi connectivity index (χ2n) is 8.84. The van der Waals surface area contributed by atoms with E-state index in [1.807, 2.05) is 11.9 Å². The van der Waals surface area contributed by atoms with Crippen molar-refractivity contribution in [2.75, 3.05) is 33.3 Å². The molecule has 1 saturated carbocycles. The van der Waals surface area contributed by atoms with Gasteiger partial charge in [0.15, 0.2) is 0 Å². The summed E-state index contributed by atoms with van der Waals surface area (Å²) in [6.07, 6.45) is 8.11. The van der Waals surface area contributed by atoms with Crippen LogP contribution in [0, 0.1) is 11.3 Å². The standard InChI is InChI=1S/C21H42N2O2/c1-7-9-11-23(12-10-8-2)13-14-25-20(24)22(6)19-15-18(3)16-21(4,5)17-19/h18-19H,7-17H2,1-6H3. The maximum absolute atomic E-state index is 12.5. The van der Waals surface area contributed by atoms with Gasteiger partial charge in [0.05, 0.1) is 0 Å². The predicted octanol–water partition coefficient (Wildman–Crippen LogP) is 5.17. The van der Waals surface area contributed by atoms with E-state index in [0.717, 1.165) is 32.5 Å². The SMILES string of the molecule is CCCCN(CCCC)CCOC(=O)N(C)C1CC(C)CC(C)(C)C1. The number of rotatable bonds is 10. The summed E-state index contributed by atoms with van der Waals surface area (Å²) in [7, 11) is 1.91. The molecule has 2 atom stereocenters. The van der Waals surface area contributed by atoms with E-state index in [1.165, 1.54) is 32.1 Å². The third-order valence-corrected chi connectivity index (χ3v) is 5.49. The fraction of sp³-hybridized carbons (Fsp3) is 0.952. The third-order valence-electron chi connectivity index (χ3n) is 5.49. The number of hydrogen-bond acceptors (Lipinski definition) is 3.